The minimum absolute atomic E-state index is 0.00472. The van der Waals surface area contributed by atoms with Gasteiger partial charge in [-0.3, -0.25) is 4.79 Å². The number of nitrogens with zero attached hydrogens (tertiary/aromatic N) is 1. The van der Waals surface area contributed by atoms with Gasteiger partial charge in [0, 0.05) is 30.3 Å². The van der Waals surface area contributed by atoms with Gasteiger partial charge in [-0.05, 0) is 34.1 Å². The fourth-order valence-electron chi connectivity index (χ4n) is 2.82. The molecule has 118 valence electrons. The minimum atomic E-state index is -0.242. The average molecular weight is 466 g/mol. The molecule has 6 heteroatoms. The van der Waals surface area contributed by atoms with E-state index >= 15 is 0 Å². The van der Waals surface area contributed by atoms with Gasteiger partial charge in [-0.2, -0.15) is 0 Å². The molecule has 0 fully saturated rings. The van der Waals surface area contributed by atoms with Crippen molar-refractivity contribution in [2.24, 2.45) is 4.99 Å². The van der Waals surface area contributed by atoms with Gasteiger partial charge in [0.1, 0.15) is 11.5 Å². The Hall–Kier alpha value is -1.69. The van der Waals surface area contributed by atoms with Crippen LogP contribution in [0.15, 0.2) is 56.4 Å². The van der Waals surface area contributed by atoms with Gasteiger partial charge >= 0.3 is 0 Å². The Bertz CT molecular complexity index is 1080. The van der Waals surface area contributed by atoms with Gasteiger partial charge < -0.3 is 5.11 Å². The van der Waals surface area contributed by atoms with Crippen LogP contribution in [0.5, 0.6) is 5.75 Å². The van der Waals surface area contributed by atoms with Crippen molar-refractivity contribution in [3.8, 4) is 5.75 Å². The number of rotatable bonds is 1. The number of benzene rings is 3. The number of aliphatic imine (C=N–C) groups is 1. The van der Waals surface area contributed by atoms with Crippen molar-refractivity contribution in [1.82, 2.24) is 0 Å². The van der Waals surface area contributed by atoms with E-state index in [9.17, 15) is 9.90 Å². The van der Waals surface area contributed by atoms with Crippen LogP contribution < -0.4 is 0 Å². The SMILES string of the molecule is O=C1C(c2cc(Cl)c3ccccc3c2O)=Nc2c(Br)cc(Br)cc21. The molecule has 4 rings (SSSR count). The molecule has 0 aromatic heterocycles. The topological polar surface area (TPSA) is 49.7 Å². The summed E-state index contributed by atoms with van der Waals surface area (Å²) >= 11 is 13.1. The van der Waals surface area contributed by atoms with Crippen molar-refractivity contribution in [2.45, 2.75) is 0 Å². The summed E-state index contributed by atoms with van der Waals surface area (Å²) in [6.45, 7) is 0. The van der Waals surface area contributed by atoms with Gasteiger partial charge in [0.2, 0.25) is 5.78 Å². The second-order valence-corrected chi connectivity index (χ2v) is 7.55. The third kappa shape index (κ3) is 2.31. The number of halogens is 3. The molecule has 0 aliphatic carbocycles. The lowest BCUT2D eigenvalue weighted by atomic mass is 9.98. The number of aromatic hydroxyl groups is 1. The van der Waals surface area contributed by atoms with E-state index in [1.54, 1.807) is 18.2 Å². The second kappa shape index (κ2) is 5.69. The van der Waals surface area contributed by atoms with Crippen molar-refractivity contribution < 1.29 is 9.90 Å². The zero-order valence-corrected chi connectivity index (χ0v) is 15.9. The van der Waals surface area contributed by atoms with E-state index in [1.165, 1.54) is 0 Å². The van der Waals surface area contributed by atoms with E-state index in [1.807, 2.05) is 24.3 Å². The molecule has 3 aromatic carbocycles. The number of phenolic OH excluding ortho intramolecular Hbond substituents is 1. The molecule has 0 unspecified atom stereocenters. The summed E-state index contributed by atoms with van der Waals surface area (Å²) in [5, 5.41) is 12.4. The van der Waals surface area contributed by atoms with E-state index in [0.717, 1.165) is 9.86 Å². The molecule has 0 saturated heterocycles. The molecular formula is C18H8Br2ClNO2. The third-order valence-electron chi connectivity index (χ3n) is 3.93. The molecule has 0 saturated carbocycles. The second-order valence-electron chi connectivity index (χ2n) is 5.37. The lowest BCUT2D eigenvalue weighted by Gasteiger charge is -2.09. The Balaban J connectivity index is 1.97. The van der Waals surface area contributed by atoms with E-state index in [4.69, 9.17) is 11.6 Å². The van der Waals surface area contributed by atoms with Gasteiger partial charge in [0.25, 0.3) is 0 Å². The van der Waals surface area contributed by atoms with E-state index in [0.29, 0.717) is 31.7 Å². The van der Waals surface area contributed by atoms with Gasteiger partial charge in [0.05, 0.1) is 11.3 Å². The predicted octanol–water partition coefficient (Wildman–Crippen LogP) is 6.04. The molecule has 0 atom stereocenters. The predicted molar refractivity (Wildman–Crippen MR) is 103 cm³/mol. The van der Waals surface area contributed by atoms with Crippen LogP contribution in [-0.2, 0) is 0 Å². The normalized spacial score (nSPS) is 13.3. The zero-order chi connectivity index (χ0) is 17.0. The molecule has 24 heavy (non-hydrogen) atoms. The first-order valence-electron chi connectivity index (χ1n) is 7.00. The van der Waals surface area contributed by atoms with E-state index in [-0.39, 0.29) is 17.2 Å². The molecule has 0 spiro atoms. The number of hydrogen-bond donors (Lipinski definition) is 1. The summed E-state index contributed by atoms with van der Waals surface area (Å²) < 4.78 is 1.49. The summed E-state index contributed by atoms with van der Waals surface area (Å²) in [5.41, 5.74) is 1.56. The highest BCUT2D eigenvalue weighted by atomic mass is 79.9. The smallest absolute Gasteiger partial charge is 0.214 e. The van der Waals surface area contributed by atoms with Crippen LogP contribution in [0.25, 0.3) is 10.8 Å². The molecule has 0 amide bonds. The van der Waals surface area contributed by atoms with Gasteiger partial charge in [0.15, 0.2) is 0 Å². The van der Waals surface area contributed by atoms with Crippen LogP contribution in [0.3, 0.4) is 0 Å². The molecule has 0 bridgehead atoms. The molecule has 3 nitrogen and oxygen atoms in total. The quantitative estimate of drug-likeness (QED) is 0.476. The first-order valence-corrected chi connectivity index (χ1v) is 8.97. The lowest BCUT2D eigenvalue weighted by Crippen LogP contribution is -2.11. The molecule has 0 radical (unpaired) electrons. The van der Waals surface area contributed by atoms with Crippen LogP contribution in [0.4, 0.5) is 5.69 Å². The van der Waals surface area contributed by atoms with E-state index < -0.39 is 0 Å². The first-order chi connectivity index (χ1) is 11.5. The largest absolute Gasteiger partial charge is 0.507 e. The fraction of sp³-hybridized carbons (Fsp3) is 0. The Morgan fingerprint density at radius 2 is 1.71 bits per heavy atom. The number of carbonyl (C=O) groups excluding carboxylic acids is 1. The van der Waals surface area contributed by atoms with E-state index in [2.05, 4.69) is 36.9 Å². The van der Waals surface area contributed by atoms with Crippen molar-refractivity contribution >= 4 is 71.4 Å². The Morgan fingerprint density at radius 1 is 1.00 bits per heavy atom. The van der Waals surface area contributed by atoms with Crippen LogP contribution in [0.1, 0.15) is 15.9 Å². The lowest BCUT2D eigenvalue weighted by molar-refractivity contribution is 0.107. The Labute approximate surface area is 159 Å². The number of fused-ring (bicyclic) bond motifs is 2. The van der Waals surface area contributed by atoms with Crippen LogP contribution >= 0.6 is 43.5 Å². The van der Waals surface area contributed by atoms with Crippen molar-refractivity contribution in [1.29, 1.82) is 0 Å². The highest BCUT2D eigenvalue weighted by Crippen LogP contribution is 2.41. The highest BCUT2D eigenvalue weighted by Gasteiger charge is 2.30. The summed E-state index contributed by atoms with van der Waals surface area (Å²) in [6.07, 6.45) is 0. The summed E-state index contributed by atoms with van der Waals surface area (Å²) in [4.78, 5) is 17.2. The standard InChI is InChI=1S/C18H8Br2ClNO2/c19-8-5-11-15(13(20)6-8)22-16(18(11)24)12-7-14(21)9-3-1-2-4-10(9)17(12)23/h1-7,23H. The maximum Gasteiger partial charge on any atom is 0.214 e. The maximum absolute atomic E-state index is 12.8. The molecule has 1 N–H and O–H groups in total. The average Bonchev–Trinajstić information content (AvgIpc) is 2.88. The molecule has 1 heterocycles. The number of carbonyl (C=O) groups is 1. The highest BCUT2D eigenvalue weighted by molar-refractivity contribution is 9.11. The van der Waals surface area contributed by atoms with Gasteiger partial charge in [-0.15, -0.1) is 0 Å². The molecule has 1 aliphatic rings. The van der Waals surface area contributed by atoms with Crippen molar-refractivity contribution in [3.05, 3.63) is 67.6 Å². The summed E-state index contributed by atoms with van der Waals surface area (Å²) in [7, 11) is 0. The van der Waals surface area contributed by atoms with Gasteiger partial charge in [-0.25, -0.2) is 4.99 Å². The molecule has 1 aliphatic heterocycles. The van der Waals surface area contributed by atoms with Crippen LogP contribution in [0, 0.1) is 0 Å². The van der Waals surface area contributed by atoms with Crippen molar-refractivity contribution in [2.75, 3.05) is 0 Å². The Kier molecular flexibility index (Phi) is 3.75. The number of Topliss-reactive ketones (excluding diaryl/α,β-unsaturated/α-hetero) is 1. The van der Waals surface area contributed by atoms with Crippen LogP contribution in [0.2, 0.25) is 5.02 Å². The van der Waals surface area contributed by atoms with Gasteiger partial charge in [-0.1, -0.05) is 51.8 Å². The summed E-state index contributed by atoms with van der Waals surface area (Å²) in [5.74, 6) is -0.237. The molecular weight excluding hydrogens is 457 g/mol. The number of phenols is 1. The third-order valence-corrected chi connectivity index (χ3v) is 5.31. The molecule has 3 aromatic rings. The number of hydrogen-bond acceptors (Lipinski definition) is 3. The summed E-state index contributed by atoms with van der Waals surface area (Å²) in [6, 6.07) is 12.4. The fourth-order valence-corrected chi connectivity index (χ4v) is 4.41. The minimum Gasteiger partial charge on any atom is -0.507 e. The monoisotopic (exact) mass is 463 g/mol. The Morgan fingerprint density at radius 3 is 2.46 bits per heavy atom. The first kappa shape index (κ1) is 15.8. The zero-order valence-electron chi connectivity index (χ0n) is 12.0. The maximum atomic E-state index is 12.8. The van der Waals surface area contributed by atoms with Crippen LogP contribution in [-0.4, -0.2) is 16.6 Å². The van der Waals surface area contributed by atoms with Crippen molar-refractivity contribution in [3.63, 3.8) is 0 Å². The number of ketones is 1.